The highest BCUT2D eigenvalue weighted by molar-refractivity contribution is 6.01. The Bertz CT molecular complexity index is 715. The molecule has 0 bridgehead atoms. The largest absolute Gasteiger partial charge is 0.478 e. The standard InChI is InChI=1S/C21H29N3O4/c25-19(10-14-23-11-4-1-5-12-23)24-13-6-7-16(15-24)20(26)22-18-9-3-2-8-17(18)21(27)28/h2-3,8-9,16H,1,4-7,10-15H2,(H,22,26)(H,27,28)/t16-/m1/s1. The van der Waals surface area contributed by atoms with E-state index in [-0.39, 0.29) is 23.3 Å². The van der Waals surface area contributed by atoms with E-state index in [4.69, 9.17) is 0 Å². The summed E-state index contributed by atoms with van der Waals surface area (Å²) in [6.45, 7) is 4.02. The van der Waals surface area contributed by atoms with Crippen molar-refractivity contribution in [1.82, 2.24) is 9.80 Å². The molecule has 2 fully saturated rings. The number of rotatable bonds is 6. The molecule has 2 N–H and O–H groups in total. The predicted octanol–water partition coefficient (Wildman–Crippen LogP) is 2.44. The second-order valence-corrected chi connectivity index (χ2v) is 7.67. The van der Waals surface area contributed by atoms with Crippen LogP contribution in [0.2, 0.25) is 0 Å². The fraction of sp³-hybridized carbons (Fsp3) is 0.571. The number of nitrogens with one attached hydrogen (secondary N) is 1. The zero-order valence-electron chi connectivity index (χ0n) is 16.2. The third-order valence-corrected chi connectivity index (χ3v) is 5.65. The van der Waals surface area contributed by atoms with Gasteiger partial charge in [0.15, 0.2) is 0 Å². The van der Waals surface area contributed by atoms with Gasteiger partial charge in [0.2, 0.25) is 11.8 Å². The number of hydrogen-bond donors (Lipinski definition) is 2. The average molecular weight is 387 g/mol. The third kappa shape index (κ3) is 5.32. The molecule has 0 saturated carbocycles. The van der Waals surface area contributed by atoms with Crippen LogP contribution in [0.25, 0.3) is 0 Å². The summed E-state index contributed by atoms with van der Waals surface area (Å²) >= 11 is 0. The maximum Gasteiger partial charge on any atom is 0.337 e. The van der Waals surface area contributed by atoms with Crippen molar-refractivity contribution in [2.75, 3.05) is 38.0 Å². The number of likely N-dealkylation sites (tertiary alicyclic amines) is 2. The van der Waals surface area contributed by atoms with E-state index in [1.807, 2.05) is 0 Å². The zero-order valence-corrected chi connectivity index (χ0v) is 16.2. The SMILES string of the molecule is O=C(O)c1ccccc1NC(=O)[C@@H]1CCCN(C(=O)CCN2CCCCC2)C1. The normalized spacial score (nSPS) is 20.6. The van der Waals surface area contributed by atoms with Gasteiger partial charge in [-0.25, -0.2) is 4.79 Å². The van der Waals surface area contributed by atoms with Crippen LogP contribution in [0.1, 0.15) is 48.9 Å². The van der Waals surface area contributed by atoms with Gasteiger partial charge in [0.05, 0.1) is 17.2 Å². The molecule has 2 saturated heterocycles. The van der Waals surface area contributed by atoms with Crippen molar-refractivity contribution in [3.05, 3.63) is 29.8 Å². The molecular formula is C21H29N3O4. The Morgan fingerprint density at radius 2 is 1.79 bits per heavy atom. The lowest BCUT2D eigenvalue weighted by atomic mass is 9.96. The van der Waals surface area contributed by atoms with Gasteiger partial charge in [-0.2, -0.15) is 0 Å². The number of anilines is 1. The van der Waals surface area contributed by atoms with E-state index >= 15 is 0 Å². The van der Waals surface area contributed by atoms with E-state index in [2.05, 4.69) is 10.2 Å². The first-order valence-electron chi connectivity index (χ1n) is 10.2. The quantitative estimate of drug-likeness (QED) is 0.782. The molecule has 0 unspecified atom stereocenters. The van der Waals surface area contributed by atoms with E-state index < -0.39 is 5.97 Å². The number of carbonyl (C=O) groups is 3. The lowest BCUT2D eigenvalue weighted by molar-refractivity contribution is -0.134. The summed E-state index contributed by atoms with van der Waals surface area (Å²) in [5.41, 5.74) is 0.370. The molecule has 28 heavy (non-hydrogen) atoms. The highest BCUT2D eigenvalue weighted by atomic mass is 16.4. The summed E-state index contributed by atoms with van der Waals surface area (Å²) in [5, 5.41) is 12.0. The van der Waals surface area contributed by atoms with Gasteiger partial charge in [-0.3, -0.25) is 9.59 Å². The van der Waals surface area contributed by atoms with Gasteiger partial charge >= 0.3 is 5.97 Å². The summed E-state index contributed by atoms with van der Waals surface area (Å²) in [7, 11) is 0. The van der Waals surface area contributed by atoms with Gasteiger partial charge in [-0.05, 0) is 50.9 Å². The molecule has 2 aliphatic rings. The number of carboxylic acid groups (broad SMARTS) is 1. The Morgan fingerprint density at radius 3 is 2.54 bits per heavy atom. The fourth-order valence-corrected chi connectivity index (χ4v) is 4.03. The molecule has 0 radical (unpaired) electrons. The molecular weight excluding hydrogens is 358 g/mol. The minimum Gasteiger partial charge on any atom is -0.478 e. The van der Waals surface area contributed by atoms with Crippen molar-refractivity contribution in [1.29, 1.82) is 0 Å². The number of carbonyl (C=O) groups excluding carboxylic acids is 2. The zero-order chi connectivity index (χ0) is 19.9. The first-order valence-corrected chi connectivity index (χ1v) is 10.2. The molecule has 152 valence electrons. The molecule has 1 atom stereocenters. The highest BCUT2D eigenvalue weighted by Gasteiger charge is 2.29. The summed E-state index contributed by atoms with van der Waals surface area (Å²) in [6, 6.07) is 6.38. The van der Waals surface area contributed by atoms with Crippen LogP contribution in [-0.2, 0) is 9.59 Å². The van der Waals surface area contributed by atoms with Gasteiger partial charge in [0.25, 0.3) is 0 Å². The van der Waals surface area contributed by atoms with Gasteiger partial charge in [0.1, 0.15) is 0 Å². The summed E-state index contributed by atoms with van der Waals surface area (Å²) in [6.07, 6.45) is 5.68. The number of benzene rings is 1. The Morgan fingerprint density at radius 1 is 1.04 bits per heavy atom. The van der Waals surface area contributed by atoms with Crippen LogP contribution < -0.4 is 5.32 Å². The van der Waals surface area contributed by atoms with Crippen LogP contribution in [0.3, 0.4) is 0 Å². The summed E-state index contributed by atoms with van der Waals surface area (Å²) in [5.74, 6) is -1.50. The maximum absolute atomic E-state index is 12.7. The summed E-state index contributed by atoms with van der Waals surface area (Å²) in [4.78, 5) is 40.7. The lowest BCUT2D eigenvalue weighted by Gasteiger charge is -2.33. The summed E-state index contributed by atoms with van der Waals surface area (Å²) < 4.78 is 0. The minimum atomic E-state index is -1.07. The van der Waals surface area contributed by atoms with Gasteiger partial charge < -0.3 is 20.2 Å². The first kappa shape index (κ1) is 20.3. The molecule has 2 amide bonds. The van der Waals surface area contributed by atoms with E-state index in [0.717, 1.165) is 26.1 Å². The molecule has 0 aliphatic carbocycles. The average Bonchev–Trinajstić information content (AvgIpc) is 2.73. The van der Waals surface area contributed by atoms with E-state index in [9.17, 15) is 19.5 Å². The number of piperidine rings is 2. The van der Waals surface area contributed by atoms with E-state index in [1.54, 1.807) is 23.1 Å². The monoisotopic (exact) mass is 387 g/mol. The molecule has 7 heteroatoms. The minimum absolute atomic E-state index is 0.0705. The van der Waals surface area contributed by atoms with Crippen molar-refractivity contribution in [2.45, 2.75) is 38.5 Å². The number of amides is 2. The van der Waals surface area contributed by atoms with Crippen LogP contribution in [0, 0.1) is 5.92 Å². The molecule has 2 heterocycles. The fourth-order valence-electron chi connectivity index (χ4n) is 4.03. The highest BCUT2D eigenvalue weighted by Crippen LogP contribution is 2.21. The Hall–Kier alpha value is -2.41. The number of aromatic carboxylic acids is 1. The van der Waals surface area contributed by atoms with Crippen LogP contribution in [0.5, 0.6) is 0 Å². The molecule has 0 aromatic heterocycles. The smallest absolute Gasteiger partial charge is 0.337 e. The third-order valence-electron chi connectivity index (χ3n) is 5.65. The van der Waals surface area contributed by atoms with Gasteiger partial charge in [-0.1, -0.05) is 18.6 Å². The van der Waals surface area contributed by atoms with Crippen molar-refractivity contribution in [3.8, 4) is 0 Å². The van der Waals surface area contributed by atoms with Gasteiger partial charge in [-0.15, -0.1) is 0 Å². The van der Waals surface area contributed by atoms with Crippen molar-refractivity contribution < 1.29 is 19.5 Å². The molecule has 2 aliphatic heterocycles. The Balaban J connectivity index is 1.53. The van der Waals surface area contributed by atoms with Crippen LogP contribution >= 0.6 is 0 Å². The first-order chi connectivity index (χ1) is 13.5. The lowest BCUT2D eigenvalue weighted by Crippen LogP contribution is -2.45. The maximum atomic E-state index is 12.7. The predicted molar refractivity (Wildman–Crippen MR) is 106 cm³/mol. The number of carboxylic acids is 1. The van der Waals surface area contributed by atoms with E-state index in [0.29, 0.717) is 31.6 Å². The van der Waals surface area contributed by atoms with Crippen LogP contribution in [0.4, 0.5) is 5.69 Å². The second kappa shape index (κ2) is 9.68. The van der Waals surface area contributed by atoms with Crippen molar-refractivity contribution >= 4 is 23.5 Å². The van der Waals surface area contributed by atoms with Crippen LogP contribution in [-0.4, -0.2) is 65.4 Å². The molecule has 1 aromatic carbocycles. The van der Waals surface area contributed by atoms with Crippen LogP contribution in [0.15, 0.2) is 24.3 Å². The van der Waals surface area contributed by atoms with E-state index in [1.165, 1.54) is 25.3 Å². The number of hydrogen-bond acceptors (Lipinski definition) is 4. The second-order valence-electron chi connectivity index (χ2n) is 7.67. The Kier molecular flexibility index (Phi) is 7.03. The molecule has 7 nitrogen and oxygen atoms in total. The number of nitrogens with zero attached hydrogens (tertiary/aromatic N) is 2. The molecule has 3 rings (SSSR count). The van der Waals surface area contributed by atoms with Crippen molar-refractivity contribution in [3.63, 3.8) is 0 Å². The molecule has 1 aromatic rings. The molecule has 0 spiro atoms. The van der Waals surface area contributed by atoms with Crippen molar-refractivity contribution in [2.24, 2.45) is 5.92 Å². The number of para-hydroxylation sites is 1. The Labute approximate surface area is 165 Å². The van der Waals surface area contributed by atoms with Gasteiger partial charge in [0, 0.05) is 26.1 Å². The topological polar surface area (TPSA) is 90.0 Å².